The first kappa shape index (κ1) is 21.3. The van der Waals surface area contributed by atoms with Gasteiger partial charge in [-0.3, -0.25) is 4.79 Å². The molecule has 0 saturated carbocycles. The van der Waals surface area contributed by atoms with Crippen molar-refractivity contribution in [3.05, 3.63) is 54.1 Å². The quantitative estimate of drug-likeness (QED) is 0.746. The zero-order chi connectivity index (χ0) is 21.0. The lowest BCUT2D eigenvalue weighted by Crippen LogP contribution is -2.30. The van der Waals surface area contributed by atoms with Crippen LogP contribution in [0.1, 0.15) is 37.6 Å². The van der Waals surface area contributed by atoms with Crippen LogP contribution in [0.25, 0.3) is 0 Å². The van der Waals surface area contributed by atoms with Gasteiger partial charge in [-0.15, -0.1) is 0 Å². The van der Waals surface area contributed by atoms with Crippen LogP contribution in [0.4, 0.5) is 11.4 Å². The number of amides is 1. The number of benzene rings is 2. The molecular formula is C22H29N3O3S. The third-order valence-electron chi connectivity index (χ3n) is 5.37. The summed E-state index contributed by atoms with van der Waals surface area (Å²) in [5.41, 5.74) is 2.30. The molecule has 2 aromatic carbocycles. The molecule has 1 unspecified atom stereocenters. The van der Waals surface area contributed by atoms with E-state index in [1.807, 2.05) is 24.3 Å². The first-order valence-corrected chi connectivity index (χ1v) is 11.6. The number of sulfonamides is 1. The molecule has 1 atom stereocenters. The van der Waals surface area contributed by atoms with Gasteiger partial charge in [0, 0.05) is 43.1 Å². The summed E-state index contributed by atoms with van der Waals surface area (Å²) in [5, 5.41) is 2.87. The number of carbonyl (C=O) groups excluding carboxylic acids is 1. The van der Waals surface area contributed by atoms with E-state index in [-0.39, 0.29) is 10.8 Å². The second kappa shape index (κ2) is 8.97. The van der Waals surface area contributed by atoms with Gasteiger partial charge in [-0.1, -0.05) is 20.8 Å². The zero-order valence-corrected chi connectivity index (χ0v) is 18.1. The van der Waals surface area contributed by atoms with Crippen molar-refractivity contribution in [3.63, 3.8) is 0 Å². The molecule has 1 fully saturated rings. The second-order valence-electron chi connectivity index (χ2n) is 7.45. The molecule has 2 aromatic rings. The van der Waals surface area contributed by atoms with Crippen molar-refractivity contribution >= 4 is 27.3 Å². The molecule has 0 radical (unpaired) electrons. The van der Waals surface area contributed by atoms with Crippen molar-refractivity contribution in [2.75, 3.05) is 36.4 Å². The van der Waals surface area contributed by atoms with Crippen molar-refractivity contribution in [2.45, 2.75) is 32.1 Å². The molecule has 1 aliphatic rings. The summed E-state index contributed by atoms with van der Waals surface area (Å²) in [7, 11) is -3.52. The Balaban J connectivity index is 1.66. The van der Waals surface area contributed by atoms with Crippen LogP contribution >= 0.6 is 0 Å². The first-order valence-electron chi connectivity index (χ1n) is 10.1. The lowest BCUT2D eigenvalue weighted by atomic mass is 10.2. The number of rotatable bonds is 7. The predicted molar refractivity (Wildman–Crippen MR) is 117 cm³/mol. The molecule has 156 valence electrons. The Morgan fingerprint density at radius 3 is 2.21 bits per heavy atom. The van der Waals surface area contributed by atoms with Crippen LogP contribution in [0.3, 0.4) is 0 Å². The lowest BCUT2D eigenvalue weighted by molar-refractivity contribution is 0.102. The van der Waals surface area contributed by atoms with E-state index in [0.29, 0.717) is 30.3 Å². The molecular weight excluding hydrogens is 386 g/mol. The molecule has 7 heteroatoms. The van der Waals surface area contributed by atoms with E-state index in [1.165, 1.54) is 28.5 Å². The molecule has 1 aliphatic heterocycles. The normalized spacial score (nSPS) is 17.0. The van der Waals surface area contributed by atoms with E-state index in [9.17, 15) is 13.2 Å². The van der Waals surface area contributed by atoms with Crippen molar-refractivity contribution in [1.82, 2.24) is 4.31 Å². The van der Waals surface area contributed by atoms with E-state index in [2.05, 4.69) is 17.1 Å². The van der Waals surface area contributed by atoms with Crippen LogP contribution in [0.5, 0.6) is 0 Å². The number of hydrogen-bond donors (Lipinski definition) is 1. The van der Waals surface area contributed by atoms with Crippen molar-refractivity contribution in [3.8, 4) is 0 Å². The molecule has 6 nitrogen and oxygen atoms in total. The molecule has 1 amide bonds. The maximum absolute atomic E-state index is 12.5. The smallest absolute Gasteiger partial charge is 0.255 e. The van der Waals surface area contributed by atoms with E-state index < -0.39 is 10.0 Å². The van der Waals surface area contributed by atoms with Gasteiger partial charge in [0.05, 0.1) is 4.90 Å². The number of carbonyl (C=O) groups is 1. The zero-order valence-electron chi connectivity index (χ0n) is 17.3. The third kappa shape index (κ3) is 4.79. The van der Waals surface area contributed by atoms with Crippen molar-refractivity contribution < 1.29 is 13.2 Å². The third-order valence-corrected chi connectivity index (χ3v) is 7.44. The molecule has 0 bridgehead atoms. The second-order valence-corrected chi connectivity index (χ2v) is 9.39. The van der Waals surface area contributed by atoms with Crippen LogP contribution in [0, 0.1) is 5.92 Å². The van der Waals surface area contributed by atoms with Gasteiger partial charge >= 0.3 is 0 Å². The Bertz CT molecular complexity index is 936. The van der Waals surface area contributed by atoms with Crippen LogP contribution in [0.15, 0.2) is 53.4 Å². The molecule has 1 heterocycles. The summed E-state index contributed by atoms with van der Waals surface area (Å²) in [6.07, 6.45) is 1.21. The Hall–Kier alpha value is -2.38. The summed E-state index contributed by atoms with van der Waals surface area (Å²) >= 11 is 0. The highest BCUT2D eigenvalue weighted by molar-refractivity contribution is 7.89. The minimum Gasteiger partial charge on any atom is -0.371 e. The van der Waals surface area contributed by atoms with Crippen molar-refractivity contribution in [2.24, 2.45) is 5.92 Å². The summed E-state index contributed by atoms with van der Waals surface area (Å²) < 4.78 is 26.5. The Morgan fingerprint density at radius 1 is 1.07 bits per heavy atom. The molecule has 1 N–H and O–H groups in total. The summed E-state index contributed by atoms with van der Waals surface area (Å²) in [6.45, 7) is 8.81. The van der Waals surface area contributed by atoms with Gasteiger partial charge in [-0.25, -0.2) is 8.42 Å². The number of nitrogens with one attached hydrogen (secondary N) is 1. The van der Waals surface area contributed by atoms with Gasteiger partial charge in [-0.05, 0) is 60.9 Å². The molecule has 1 saturated heterocycles. The van der Waals surface area contributed by atoms with E-state index in [1.54, 1.807) is 26.0 Å². The highest BCUT2D eigenvalue weighted by atomic mass is 32.2. The van der Waals surface area contributed by atoms with Crippen LogP contribution in [0.2, 0.25) is 0 Å². The van der Waals surface area contributed by atoms with Crippen LogP contribution in [-0.2, 0) is 10.0 Å². The average molecular weight is 416 g/mol. The molecule has 0 aromatic heterocycles. The molecule has 3 rings (SSSR count). The van der Waals surface area contributed by atoms with Crippen LogP contribution in [-0.4, -0.2) is 44.8 Å². The monoisotopic (exact) mass is 415 g/mol. The van der Waals surface area contributed by atoms with Gasteiger partial charge in [-0.2, -0.15) is 4.31 Å². The Morgan fingerprint density at radius 2 is 1.69 bits per heavy atom. The van der Waals surface area contributed by atoms with Gasteiger partial charge in [0.25, 0.3) is 5.91 Å². The summed E-state index contributed by atoms with van der Waals surface area (Å²) in [4.78, 5) is 15.1. The summed E-state index contributed by atoms with van der Waals surface area (Å²) in [5.74, 6) is 0.447. The van der Waals surface area contributed by atoms with E-state index >= 15 is 0 Å². The summed E-state index contributed by atoms with van der Waals surface area (Å²) in [6, 6.07) is 13.9. The van der Waals surface area contributed by atoms with E-state index in [0.717, 1.165) is 13.1 Å². The fraction of sp³-hybridized carbons (Fsp3) is 0.409. The first-order chi connectivity index (χ1) is 13.8. The molecule has 29 heavy (non-hydrogen) atoms. The highest BCUT2D eigenvalue weighted by Crippen LogP contribution is 2.25. The number of hydrogen-bond acceptors (Lipinski definition) is 4. The number of anilines is 2. The predicted octanol–water partition coefficient (Wildman–Crippen LogP) is 3.82. The lowest BCUT2D eigenvalue weighted by Gasteiger charge is -2.19. The topological polar surface area (TPSA) is 69.7 Å². The molecule has 0 aliphatic carbocycles. The van der Waals surface area contributed by atoms with Gasteiger partial charge in [0.15, 0.2) is 0 Å². The van der Waals surface area contributed by atoms with Gasteiger partial charge < -0.3 is 10.2 Å². The average Bonchev–Trinajstić information content (AvgIpc) is 3.15. The Kier molecular flexibility index (Phi) is 6.59. The van der Waals surface area contributed by atoms with E-state index in [4.69, 9.17) is 0 Å². The van der Waals surface area contributed by atoms with Crippen molar-refractivity contribution in [1.29, 1.82) is 0 Å². The minimum atomic E-state index is -3.52. The molecule has 0 spiro atoms. The van der Waals surface area contributed by atoms with Gasteiger partial charge in [0.2, 0.25) is 10.0 Å². The van der Waals surface area contributed by atoms with Gasteiger partial charge in [0.1, 0.15) is 0 Å². The highest BCUT2D eigenvalue weighted by Gasteiger charge is 2.22. The fourth-order valence-corrected chi connectivity index (χ4v) is 5.08. The SMILES string of the molecule is CCN(CC)S(=O)(=O)c1ccc(C(=O)Nc2ccc(N3CCC(C)C3)cc2)cc1. The number of nitrogens with zero attached hydrogens (tertiary/aromatic N) is 2. The van der Waals surface area contributed by atoms with Crippen LogP contribution < -0.4 is 10.2 Å². The maximum Gasteiger partial charge on any atom is 0.255 e. The standard InChI is InChI=1S/C22H29N3O3S/c1-4-25(5-2)29(27,28)21-12-6-18(7-13-21)22(26)23-19-8-10-20(11-9-19)24-15-14-17(3)16-24/h6-13,17H,4-5,14-16H2,1-3H3,(H,23,26). The fourth-order valence-electron chi connectivity index (χ4n) is 3.62. The largest absolute Gasteiger partial charge is 0.371 e. The minimum absolute atomic E-state index is 0.196. The maximum atomic E-state index is 12.5. The Labute approximate surface area is 173 Å².